The van der Waals surface area contributed by atoms with Gasteiger partial charge in [0.1, 0.15) is 5.76 Å². The van der Waals surface area contributed by atoms with Crippen LogP contribution in [0.4, 0.5) is 0 Å². The summed E-state index contributed by atoms with van der Waals surface area (Å²) < 4.78 is 0. The molecular formula is C30H36N4O3. The van der Waals surface area contributed by atoms with Gasteiger partial charge in [-0.05, 0) is 35.4 Å². The normalized spacial score (nSPS) is 21.5. The molecule has 0 radical (unpaired) electrons. The van der Waals surface area contributed by atoms with Crippen molar-refractivity contribution in [3.8, 4) is 0 Å². The van der Waals surface area contributed by atoms with E-state index in [1.54, 1.807) is 6.21 Å². The summed E-state index contributed by atoms with van der Waals surface area (Å²) in [5.74, 6) is 0.228. The van der Waals surface area contributed by atoms with Crippen LogP contribution in [-0.4, -0.2) is 84.7 Å². The molecule has 37 heavy (non-hydrogen) atoms. The number of fused-ring (bicyclic) bond motifs is 1. The molecule has 7 heteroatoms. The summed E-state index contributed by atoms with van der Waals surface area (Å²) in [6.07, 6.45) is 4.27. The lowest BCUT2D eigenvalue weighted by Crippen LogP contribution is -2.51. The number of nitrogens with zero attached hydrogens (tertiary/aromatic N) is 3. The van der Waals surface area contributed by atoms with Crippen molar-refractivity contribution in [3.05, 3.63) is 82.6 Å². The van der Waals surface area contributed by atoms with E-state index >= 15 is 0 Å². The number of hydrogen-bond donors (Lipinski definition) is 2. The van der Waals surface area contributed by atoms with Gasteiger partial charge in [-0.3, -0.25) is 24.4 Å². The Morgan fingerprint density at radius 1 is 0.919 bits per heavy atom. The molecule has 1 unspecified atom stereocenters. The van der Waals surface area contributed by atoms with Gasteiger partial charge in [0, 0.05) is 57.8 Å². The fraction of sp³-hybridized carbons (Fsp3) is 0.433. The Morgan fingerprint density at radius 2 is 1.57 bits per heavy atom. The summed E-state index contributed by atoms with van der Waals surface area (Å²) in [5, 5.41) is 13.7. The van der Waals surface area contributed by atoms with Crippen molar-refractivity contribution in [2.45, 2.75) is 37.6 Å². The molecule has 2 aromatic rings. The zero-order chi connectivity index (χ0) is 25.6. The summed E-state index contributed by atoms with van der Waals surface area (Å²) in [6.45, 7) is 5.31. The van der Waals surface area contributed by atoms with Crippen molar-refractivity contribution in [2.75, 3.05) is 45.8 Å². The van der Waals surface area contributed by atoms with E-state index in [4.69, 9.17) is 0 Å². The van der Waals surface area contributed by atoms with Gasteiger partial charge in [-0.15, -0.1) is 0 Å². The van der Waals surface area contributed by atoms with Gasteiger partial charge < -0.3 is 10.4 Å². The molecule has 0 bridgehead atoms. The molecule has 1 fully saturated rings. The lowest BCUT2D eigenvalue weighted by molar-refractivity contribution is -0.123. The minimum Gasteiger partial charge on any atom is -0.511 e. The Balaban J connectivity index is 1.01. The summed E-state index contributed by atoms with van der Waals surface area (Å²) in [7, 11) is 0. The monoisotopic (exact) mass is 500 g/mol. The van der Waals surface area contributed by atoms with Gasteiger partial charge in [0.25, 0.3) is 0 Å². The Labute approximate surface area is 218 Å². The van der Waals surface area contributed by atoms with Gasteiger partial charge in [0.05, 0.1) is 18.7 Å². The molecule has 194 valence electrons. The van der Waals surface area contributed by atoms with Gasteiger partial charge in [-0.25, -0.2) is 0 Å². The number of amides is 1. The highest BCUT2D eigenvalue weighted by Crippen LogP contribution is 2.32. The van der Waals surface area contributed by atoms with E-state index in [-0.39, 0.29) is 29.4 Å². The zero-order valence-corrected chi connectivity index (χ0v) is 21.3. The maximum atomic E-state index is 12.6. The van der Waals surface area contributed by atoms with E-state index in [0.29, 0.717) is 31.5 Å². The maximum absolute atomic E-state index is 12.6. The quantitative estimate of drug-likeness (QED) is 0.545. The third-order valence-electron chi connectivity index (χ3n) is 7.77. The topological polar surface area (TPSA) is 85.2 Å². The van der Waals surface area contributed by atoms with E-state index in [1.165, 1.54) is 11.1 Å². The van der Waals surface area contributed by atoms with E-state index in [1.807, 2.05) is 30.3 Å². The van der Waals surface area contributed by atoms with E-state index in [0.717, 1.165) is 51.1 Å². The summed E-state index contributed by atoms with van der Waals surface area (Å²) in [4.78, 5) is 34.2. The zero-order valence-electron chi connectivity index (χ0n) is 21.3. The SMILES string of the molecule is O=C(CN1CCN(CCN=CC2=C(O)CC(c3ccccc3)CC2=O)CC1)NC1Cc2ccccc2C1. The molecule has 7 nitrogen and oxygen atoms in total. The number of Topliss-reactive ketones (excluding diaryl/α,β-unsaturated/α-hetero) is 1. The number of aliphatic hydroxyl groups excluding tert-OH is 1. The molecule has 0 aromatic heterocycles. The minimum absolute atomic E-state index is 0.0266. The van der Waals surface area contributed by atoms with Gasteiger partial charge >= 0.3 is 0 Å². The van der Waals surface area contributed by atoms with Gasteiger partial charge in [0.15, 0.2) is 5.78 Å². The van der Waals surface area contributed by atoms with Crippen LogP contribution in [0.2, 0.25) is 0 Å². The largest absolute Gasteiger partial charge is 0.511 e. The van der Waals surface area contributed by atoms with Crippen LogP contribution in [0.5, 0.6) is 0 Å². The number of aliphatic hydroxyl groups is 1. The first-order chi connectivity index (χ1) is 18.0. The number of hydrogen-bond acceptors (Lipinski definition) is 6. The first-order valence-corrected chi connectivity index (χ1v) is 13.4. The predicted molar refractivity (Wildman–Crippen MR) is 145 cm³/mol. The molecule has 0 saturated carbocycles. The van der Waals surface area contributed by atoms with Crippen LogP contribution in [0.25, 0.3) is 0 Å². The highest BCUT2D eigenvalue weighted by molar-refractivity contribution is 6.14. The Kier molecular flexibility index (Phi) is 8.12. The Bertz CT molecular complexity index is 1140. The third kappa shape index (κ3) is 6.53. The molecule has 5 rings (SSSR count). The number of benzene rings is 2. The fourth-order valence-corrected chi connectivity index (χ4v) is 5.68. The molecule has 2 aliphatic carbocycles. The van der Waals surface area contributed by atoms with Gasteiger partial charge in [-0.2, -0.15) is 0 Å². The van der Waals surface area contributed by atoms with Crippen LogP contribution in [-0.2, 0) is 22.4 Å². The van der Waals surface area contributed by atoms with Crippen LogP contribution >= 0.6 is 0 Å². The molecule has 0 spiro atoms. The second-order valence-corrected chi connectivity index (χ2v) is 10.4. The van der Waals surface area contributed by atoms with Crippen molar-refractivity contribution in [1.29, 1.82) is 0 Å². The lowest BCUT2D eigenvalue weighted by atomic mass is 9.83. The van der Waals surface area contributed by atoms with Crippen molar-refractivity contribution in [1.82, 2.24) is 15.1 Å². The molecule has 1 amide bonds. The van der Waals surface area contributed by atoms with E-state index < -0.39 is 0 Å². The number of ketones is 1. The number of allylic oxidation sites excluding steroid dienone is 2. The summed E-state index contributed by atoms with van der Waals surface area (Å²) >= 11 is 0. The van der Waals surface area contributed by atoms with Crippen molar-refractivity contribution in [3.63, 3.8) is 0 Å². The van der Waals surface area contributed by atoms with Gasteiger partial charge in [0.2, 0.25) is 5.91 Å². The number of carbonyl (C=O) groups is 2. The first-order valence-electron chi connectivity index (χ1n) is 13.4. The van der Waals surface area contributed by atoms with Crippen molar-refractivity contribution < 1.29 is 14.7 Å². The molecule has 2 aromatic carbocycles. The van der Waals surface area contributed by atoms with Crippen LogP contribution in [0, 0.1) is 0 Å². The number of rotatable bonds is 8. The molecule has 1 heterocycles. The summed E-state index contributed by atoms with van der Waals surface area (Å²) in [5.41, 5.74) is 4.13. The maximum Gasteiger partial charge on any atom is 0.234 e. The predicted octanol–water partition coefficient (Wildman–Crippen LogP) is 2.92. The molecule has 2 N–H and O–H groups in total. The standard InChI is InChI=1S/C30H36N4O3/c35-28-18-25(22-6-2-1-3-7-22)19-29(36)27(28)20-31-10-11-33-12-14-34(15-13-33)21-30(37)32-26-16-23-8-4-5-9-24(23)17-26/h1-9,20,25-26,35H,10-19,21H2,(H,32,37). The number of aliphatic imine (C=N–C) groups is 1. The Morgan fingerprint density at radius 3 is 2.24 bits per heavy atom. The summed E-state index contributed by atoms with van der Waals surface area (Å²) in [6, 6.07) is 18.5. The van der Waals surface area contributed by atoms with Crippen LogP contribution in [0.15, 0.2) is 70.9 Å². The number of nitrogens with one attached hydrogen (secondary N) is 1. The van der Waals surface area contributed by atoms with Crippen molar-refractivity contribution in [2.24, 2.45) is 4.99 Å². The number of piperazine rings is 1. The Hall–Kier alpha value is -3.29. The molecular weight excluding hydrogens is 464 g/mol. The molecule has 1 atom stereocenters. The molecule has 1 aliphatic heterocycles. The average Bonchev–Trinajstić information content (AvgIpc) is 3.31. The van der Waals surface area contributed by atoms with E-state index in [2.05, 4.69) is 44.4 Å². The first kappa shape index (κ1) is 25.4. The van der Waals surface area contributed by atoms with Crippen LogP contribution in [0.1, 0.15) is 35.4 Å². The van der Waals surface area contributed by atoms with Gasteiger partial charge in [-0.1, -0.05) is 54.6 Å². The average molecular weight is 501 g/mol. The molecule has 3 aliphatic rings. The van der Waals surface area contributed by atoms with Crippen LogP contribution in [0.3, 0.4) is 0 Å². The lowest BCUT2D eigenvalue weighted by Gasteiger charge is -2.34. The second-order valence-electron chi connectivity index (χ2n) is 10.4. The minimum atomic E-state index is -0.0465. The third-order valence-corrected chi connectivity index (χ3v) is 7.77. The number of carbonyl (C=O) groups excluding carboxylic acids is 2. The molecule has 1 saturated heterocycles. The smallest absolute Gasteiger partial charge is 0.234 e. The van der Waals surface area contributed by atoms with Crippen LogP contribution < -0.4 is 5.32 Å². The van der Waals surface area contributed by atoms with Crippen molar-refractivity contribution >= 4 is 17.9 Å². The van der Waals surface area contributed by atoms with E-state index in [9.17, 15) is 14.7 Å². The highest BCUT2D eigenvalue weighted by Gasteiger charge is 2.28. The fourth-order valence-electron chi connectivity index (χ4n) is 5.68. The second kappa shape index (κ2) is 11.8. The highest BCUT2D eigenvalue weighted by atomic mass is 16.3.